The number of hydrogen-bond acceptors (Lipinski definition) is 3. The Morgan fingerprint density at radius 1 is 1.17 bits per heavy atom. The lowest BCUT2D eigenvalue weighted by molar-refractivity contribution is 0.238. The van der Waals surface area contributed by atoms with Crippen molar-refractivity contribution < 1.29 is 8.42 Å². The van der Waals surface area contributed by atoms with E-state index in [4.69, 9.17) is 5.73 Å². The zero-order chi connectivity index (χ0) is 12.8. The number of fused-ring (bicyclic) bond motifs is 2. The van der Waals surface area contributed by atoms with Gasteiger partial charge in [0.25, 0.3) is 10.2 Å². The van der Waals surface area contributed by atoms with Crippen molar-refractivity contribution in [2.45, 2.75) is 38.1 Å². The van der Waals surface area contributed by atoms with Crippen LogP contribution in [-0.2, 0) is 10.2 Å². The SMILES string of the molecule is NCC1CCCN(S(=O)(=O)N2CC3CCC2C3)C1. The van der Waals surface area contributed by atoms with Gasteiger partial charge in [-0.25, -0.2) is 0 Å². The van der Waals surface area contributed by atoms with Crippen LogP contribution in [0.5, 0.6) is 0 Å². The first kappa shape index (κ1) is 12.8. The highest BCUT2D eigenvalue weighted by atomic mass is 32.2. The van der Waals surface area contributed by atoms with Crippen molar-refractivity contribution in [1.29, 1.82) is 0 Å². The van der Waals surface area contributed by atoms with Crippen LogP contribution >= 0.6 is 0 Å². The van der Waals surface area contributed by atoms with Crippen LogP contribution in [0.3, 0.4) is 0 Å². The van der Waals surface area contributed by atoms with Crippen LogP contribution in [0.2, 0.25) is 0 Å². The third-order valence-corrected chi connectivity index (χ3v) is 6.82. The molecule has 0 aromatic rings. The van der Waals surface area contributed by atoms with Gasteiger partial charge in [-0.3, -0.25) is 0 Å². The molecule has 0 aromatic carbocycles. The van der Waals surface area contributed by atoms with Crippen LogP contribution in [-0.4, -0.2) is 49.2 Å². The van der Waals surface area contributed by atoms with Crippen molar-refractivity contribution in [3.8, 4) is 0 Å². The van der Waals surface area contributed by atoms with Gasteiger partial charge < -0.3 is 5.73 Å². The number of piperidine rings is 2. The van der Waals surface area contributed by atoms with Gasteiger partial charge in [0.05, 0.1) is 0 Å². The monoisotopic (exact) mass is 273 g/mol. The van der Waals surface area contributed by atoms with Crippen molar-refractivity contribution >= 4 is 10.2 Å². The summed E-state index contributed by atoms with van der Waals surface area (Å²) in [6.45, 7) is 2.63. The molecule has 18 heavy (non-hydrogen) atoms. The molecule has 3 aliphatic rings. The number of rotatable bonds is 3. The van der Waals surface area contributed by atoms with Crippen molar-refractivity contribution in [1.82, 2.24) is 8.61 Å². The van der Waals surface area contributed by atoms with Gasteiger partial charge in [0.2, 0.25) is 0 Å². The average Bonchev–Trinajstić information content (AvgIpc) is 3.01. The van der Waals surface area contributed by atoms with Crippen molar-refractivity contribution in [3.05, 3.63) is 0 Å². The molecule has 0 amide bonds. The van der Waals surface area contributed by atoms with Crippen LogP contribution < -0.4 is 5.73 Å². The number of hydrogen-bond donors (Lipinski definition) is 1. The predicted molar refractivity (Wildman–Crippen MR) is 70.1 cm³/mol. The molecule has 1 aliphatic carbocycles. The quantitative estimate of drug-likeness (QED) is 0.808. The molecule has 2 aliphatic heterocycles. The summed E-state index contributed by atoms with van der Waals surface area (Å²) in [4.78, 5) is 0. The van der Waals surface area contributed by atoms with Gasteiger partial charge in [-0.15, -0.1) is 0 Å². The lowest BCUT2D eigenvalue weighted by Gasteiger charge is -2.36. The lowest BCUT2D eigenvalue weighted by Crippen LogP contribution is -2.51. The zero-order valence-corrected chi connectivity index (χ0v) is 11.6. The summed E-state index contributed by atoms with van der Waals surface area (Å²) in [7, 11) is -3.22. The van der Waals surface area contributed by atoms with E-state index in [1.165, 1.54) is 6.42 Å². The Hall–Kier alpha value is -0.170. The summed E-state index contributed by atoms with van der Waals surface area (Å²) in [5.74, 6) is 0.952. The average molecular weight is 273 g/mol. The van der Waals surface area contributed by atoms with E-state index < -0.39 is 10.2 Å². The van der Waals surface area contributed by atoms with Gasteiger partial charge in [0.1, 0.15) is 0 Å². The fourth-order valence-electron chi connectivity index (χ4n) is 3.74. The molecule has 3 atom stereocenters. The van der Waals surface area contributed by atoms with Crippen LogP contribution in [0.15, 0.2) is 0 Å². The molecule has 104 valence electrons. The third kappa shape index (κ3) is 2.09. The normalized spacial score (nSPS) is 38.4. The van der Waals surface area contributed by atoms with Gasteiger partial charge in [0, 0.05) is 25.7 Å². The maximum absolute atomic E-state index is 12.7. The third-order valence-electron chi connectivity index (χ3n) is 4.80. The van der Waals surface area contributed by atoms with E-state index in [0.29, 0.717) is 31.5 Å². The molecular weight excluding hydrogens is 250 g/mol. The van der Waals surface area contributed by atoms with E-state index in [9.17, 15) is 8.42 Å². The van der Waals surface area contributed by atoms with Crippen LogP contribution in [0, 0.1) is 11.8 Å². The van der Waals surface area contributed by atoms with E-state index in [-0.39, 0.29) is 6.04 Å². The first-order valence-electron chi connectivity index (χ1n) is 7.08. The van der Waals surface area contributed by atoms with Gasteiger partial charge >= 0.3 is 0 Å². The van der Waals surface area contributed by atoms with Crippen LogP contribution in [0.4, 0.5) is 0 Å². The minimum Gasteiger partial charge on any atom is -0.330 e. The van der Waals surface area contributed by atoms with Crippen molar-refractivity contribution in [2.75, 3.05) is 26.2 Å². The summed E-state index contributed by atoms with van der Waals surface area (Å²) in [6, 6.07) is 0.276. The van der Waals surface area contributed by atoms with Crippen molar-refractivity contribution in [3.63, 3.8) is 0 Å². The largest absolute Gasteiger partial charge is 0.330 e. The standard InChI is InChI=1S/C12H23N3O2S/c13-7-11-2-1-5-14(8-11)18(16,17)15-9-10-3-4-12(15)6-10/h10-12H,1-9,13H2. The second-order valence-corrected chi connectivity index (χ2v) is 7.89. The molecule has 6 heteroatoms. The molecule has 2 saturated heterocycles. The zero-order valence-electron chi connectivity index (χ0n) is 10.8. The molecule has 5 nitrogen and oxygen atoms in total. The Bertz CT molecular complexity index is 412. The second-order valence-electron chi connectivity index (χ2n) is 6.01. The highest BCUT2D eigenvalue weighted by molar-refractivity contribution is 7.86. The molecule has 0 aromatic heterocycles. The smallest absolute Gasteiger partial charge is 0.282 e. The van der Waals surface area contributed by atoms with Gasteiger partial charge in [-0.2, -0.15) is 17.0 Å². The van der Waals surface area contributed by atoms with E-state index in [2.05, 4.69) is 0 Å². The van der Waals surface area contributed by atoms with E-state index in [1.54, 1.807) is 8.61 Å². The highest BCUT2D eigenvalue weighted by Crippen LogP contribution is 2.40. The highest BCUT2D eigenvalue weighted by Gasteiger charge is 2.46. The van der Waals surface area contributed by atoms with Crippen LogP contribution in [0.1, 0.15) is 32.1 Å². The molecule has 1 saturated carbocycles. The Morgan fingerprint density at radius 3 is 2.61 bits per heavy atom. The Morgan fingerprint density at radius 2 is 2.00 bits per heavy atom. The minimum absolute atomic E-state index is 0.276. The fraction of sp³-hybridized carbons (Fsp3) is 1.00. The Kier molecular flexibility index (Phi) is 3.38. The summed E-state index contributed by atoms with van der Waals surface area (Å²) in [6.07, 6.45) is 5.35. The first-order chi connectivity index (χ1) is 8.61. The summed E-state index contributed by atoms with van der Waals surface area (Å²) >= 11 is 0. The van der Waals surface area contributed by atoms with Gasteiger partial charge in [0.15, 0.2) is 0 Å². The lowest BCUT2D eigenvalue weighted by atomic mass is 10.0. The fourth-order valence-corrected chi connectivity index (χ4v) is 5.76. The molecule has 2 N–H and O–H groups in total. The van der Waals surface area contributed by atoms with Gasteiger partial charge in [-0.05, 0) is 50.5 Å². The van der Waals surface area contributed by atoms with E-state index in [0.717, 1.165) is 32.2 Å². The van der Waals surface area contributed by atoms with Crippen molar-refractivity contribution in [2.24, 2.45) is 17.6 Å². The molecule has 0 spiro atoms. The molecule has 2 bridgehead atoms. The molecule has 0 radical (unpaired) electrons. The number of nitrogens with zero attached hydrogens (tertiary/aromatic N) is 2. The van der Waals surface area contributed by atoms with E-state index in [1.807, 2.05) is 0 Å². The van der Waals surface area contributed by atoms with E-state index >= 15 is 0 Å². The maximum Gasteiger partial charge on any atom is 0.282 e. The van der Waals surface area contributed by atoms with Crippen LogP contribution in [0.25, 0.3) is 0 Å². The molecular formula is C12H23N3O2S. The first-order valence-corrected chi connectivity index (χ1v) is 8.48. The predicted octanol–water partition coefficient (Wildman–Crippen LogP) is 0.386. The maximum atomic E-state index is 12.7. The molecule has 2 heterocycles. The Labute approximate surface area is 109 Å². The molecule has 3 rings (SSSR count). The summed E-state index contributed by atoms with van der Waals surface area (Å²) in [5.41, 5.74) is 5.69. The van der Waals surface area contributed by atoms with Gasteiger partial charge in [-0.1, -0.05) is 0 Å². The summed E-state index contributed by atoms with van der Waals surface area (Å²) in [5, 5.41) is 0. The second kappa shape index (κ2) is 4.74. The Balaban J connectivity index is 1.74. The number of nitrogens with two attached hydrogens (primary N) is 1. The topological polar surface area (TPSA) is 66.6 Å². The molecule has 3 fully saturated rings. The summed E-state index contributed by atoms with van der Waals surface area (Å²) < 4.78 is 28.7. The minimum atomic E-state index is -3.22. The molecule has 3 unspecified atom stereocenters.